The smallest absolute Gasteiger partial charge is 0.123 e. The molecule has 2 unspecified atom stereocenters. The first-order chi connectivity index (χ1) is 9.99. The van der Waals surface area contributed by atoms with Crippen LogP contribution < -0.4 is 5.73 Å². The predicted octanol–water partition coefficient (Wildman–Crippen LogP) is 4.43. The third kappa shape index (κ3) is 2.60. The molecule has 2 aromatic rings. The van der Waals surface area contributed by atoms with Crippen LogP contribution in [0.4, 0.5) is 4.39 Å². The molecule has 2 heteroatoms. The summed E-state index contributed by atoms with van der Waals surface area (Å²) in [5.41, 5.74) is 11.1. The molecule has 1 nitrogen and oxygen atoms in total. The van der Waals surface area contributed by atoms with E-state index in [4.69, 9.17) is 5.73 Å². The first-order valence-corrected chi connectivity index (χ1v) is 7.63. The molecule has 0 aromatic heterocycles. The molecular weight excluding hydrogens is 261 g/mol. The van der Waals surface area contributed by atoms with Gasteiger partial charge in [0.2, 0.25) is 0 Å². The number of fused-ring (bicyclic) bond motifs is 1. The minimum absolute atomic E-state index is 0.184. The summed E-state index contributed by atoms with van der Waals surface area (Å²) in [5.74, 6) is 0.364. The lowest BCUT2D eigenvalue weighted by Crippen LogP contribution is -2.42. The van der Waals surface area contributed by atoms with E-state index >= 15 is 0 Å². The van der Waals surface area contributed by atoms with E-state index in [2.05, 4.69) is 31.2 Å². The molecule has 1 aliphatic rings. The van der Waals surface area contributed by atoms with Crippen LogP contribution in [0.25, 0.3) is 0 Å². The lowest BCUT2D eigenvalue weighted by Gasteiger charge is -2.39. The molecule has 0 saturated heterocycles. The van der Waals surface area contributed by atoms with Crippen LogP contribution in [-0.4, -0.2) is 0 Å². The van der Waals surface area contributed by atoms with Crippen molar-refractivity contribution in [1.29, 1.82) is 0 Å². The van der Waals surface area contributed by atoms with E-state index < -0.39 is 0 Å². The topological polar surface area (TPSA) is 26.0 Å². The van der Waals surface area contributed by atoms with Crippen molar-refractivity contribution in [3.63, 3.8) is 0 Å². The Balaban J connectivity index is 2.02. The van der Waals surface area contributed by atoms with E-state index in [0.717, 1.165) is 24.0 Å². The molecule has 1 aliphatic carbocycles. The van der Waals surface area contributed by atoms with Gasteiger partial charge < -0.3 is 5.73 Å². The standard InChI is InChI=1S/C19H22FN/c1-13-7-8-16(20)11-15(13)12-19(21)10-9-14(2)17-5-3-4-6-18(17)19/h3-8,11,14H,9-10,12,21H2,1-2H3. The molecular formula is C19H22FN. The largest absolute Gasteiger partial charge is 0.321 e. The van der Waals surface area contributed by atoms with Crippen molar-refractivity contribution < 1.29 is 4.39 Å². The maximum atomic E-state index is 13.5. The minimum atomic E-state index is -0.387. The van der Waals surface area contributed by atoms with Gasteiger partial charge in [0.25, 0.3) is 0 Å². The molecule has 2 aromatic carbocycles. The third-order valence-corrected chi connectivity index (χ3v) is 4.87. The van der Waals surface area contributed by atoms with Crippen molar-refractivity contribution in [3.8, 4) is 0 Å². The quantitative estimate of drug-likeness (QED) is 0.867. The van der Waals surface area contributed by atoms with Crippen LogP contribution in [0.2, 0.25) is 0 Å². The number of nitrogens with two attached hydrogens (primary N) is 1. The van der Waals surface area contributed by atoms with Crippen molar-refractivity contribution in [3.05, 3.63) is 70.5 Å². The van der Waals surface area contributed by atoms with E-state index in [1.54, 1.807) is 6.07 Å². The summed E-state index contributed by atoms with van der Waals surface area (Å²) in [4.78, 5) is 0. The monoisotopic (exact) mass is 283 g/mol. The SMILES string of the molecule is Cc1ccc(F)cc1CC1(N)CCC(C)c2ccccc21. The number of hydrogen-bond donors (Lipinski definition) is 1. The van der Waals surface area contributed by atoms with Crippen LogP contribution >= 0.6 is 0 Å². The molecule has 0 amide bonds. The Morgan fingerprint density at radius 3 is 2.81 bits per heavy atom. The Hall–Kier alpha value is -1.67. The zero-order chi connectivity index (χ0) is 15.0. The zero-order valence-electron chi connectivity index (χ0n) is 12.7. The summed E-state index contributed by atoms with van der Waals surface area (Å²) in [5, 5.41) is 0. The first kappa shape index (κ1) is 14.3. The summed E-state index contributed by atoms with van der Waals surface area (Å²) in [7, 11) is 0. The average Bonchev–Trinajstić information content (AvgIpc) is 2.48. The molecule has 3 rings (SSSR count). The highest BCUT2D eigenvalue weighted by atomic mass is 19.1. The Bertz CT molecular complexity index is 664. The van der Waals surface area contributed by atoms with Crippen LogP contribution in [0.1, 0.15) is 47.9 Å². The normalized spacial score (nSPS) is 24.7. The summed E-state index contributed by atoms with van der Waals surface area (Å²) >= 11 is 0. The van der Waals surface area contributed by atoms with Crippen molar-refractivity contribution in [2.45, 2.75) is 44.6 Å². The van der Waals surface area contributed by atoms with Crippen LogP contribution in [0.5, 0.6) is 0 Å². The van der Waals surface area contributed by atoms with Crippen molar-refractivity contribution >= 4 is 0 Å². The summed E-state index contributed by atoms with van der Waals surface area (Å²) in [6.45, 7) is 4.28. The molecule has 21 heavy (non-hydrogen) atoms. The molecule has 0 aliphatic heterocycles. The van der Waals surface area contributed by atoms with E-state index in [0.29, 0.717) is 12.3 Å². The molecule has 0 bridgehead atoms. The van der Waals surface area contributed by atoms with E-state index in [9.17, 15) is 4.39 Å². The number of hydrogen-bond acceptors (Lipinski definition) is 1. The zero-order valence-corrected chi connectivity index (χ0v) is 12.7. The second-order valence-electron chi connectivity index (χ2n) is 6.43. The molecule has 0 saturated carbocycles. The Kier molecular flexibility index (Phi) is 3.58. The lowest BCUT2D eigenvalue weighted by molar-refractivity contribution is 0.348. The van der Waals surface area contributed by atoms with E-state index in [1.807, 2.05) is 13.0 Å². The van der Waals surface area contributed by atoms with Gasteiger partial charge in [-0.05, 0) is 66.5 Å². The van der Waals surface area contributed by atoms with Gasteiger partial charge in [-0.3, -0.25) is 0 Å². The second kappa shape index (κ2) is 5.27. The van der Waals surface area contributed by atoms with Gasteiger partial charge in [0, 0.05) is 5.54 Å². The molecule has 0 heterocycles. The fraction of sp³-hybridized carbons (Fsp3) is 0.368. The van der Waals surface area contributed by atoms with Crippen LogP contribution in [0.3, 0.4) is 0 Å². The van der Waals surface area contributed by atoms with Crippen LogP contribution in [0, 0.1) is 12.7 Å². The van der Waals surface area contributed by atoms with Crippen molar-refractivity contribution in [1.82, 2.24) is 0 Å². The van der Waals surface area contributed by atoms with E-state index in [-0.39, 0.29) is 11.4 Å². The fourth-order valence-electron chi connectivity index (χ4n) is 3.50. The third-order valence-electron chi connectivity index (χ3n) is 4.87. The summed E-state index contributed by atoms with van der Waals surface area (Å²) in [6.07, 6.45) is 2.73. The molecule has 2 N–H and O–H groups in total. The van der Waals surface area contributed by atoms with Crippen LogP contribution in [-0.2, 0) is 12.0 Å². The van der Waals surface area contributed by atoms with Gasteiger partial charge in [0.1, 0.15) is 5.82 Å². The number of rotatable bonds is 2. The molecule has 0 fully saturated rings. The number of benzene rings is 2. The number of aryl methyl sites for hydroxylation is 1. The molecule has 0 spiro atoms. The fourth-order valence-corrected chi connectivity index (χ4v) is 3.50. The first-order valence-electron chi connectivity index (χ1n) is 7.63. The highest BCUT2D eigenvalue weighted by Gasteiger charge is 2.35. The summed E-state index contributed by atoms with van der Waals surface area (Å²) in [6, 6.07) is 13.4. The Labute approximate surface area is 126 Å². The average molecular weight is 283 g/mol. The lowest BCUT2D eigenvalue weighted by atomic mass is 9.70. The van der Waals surface area contributed by atoms with Gasteiger partial charge in [-0.25, -0.2) is 4.39 Å². The van der Waals surface area contributed by atoms with Gasteiger partial charge in [0.05, 0.1) is 0 Å². The molecule has 2 atom stereocenters. The second-order valence-corrected chi connectivity index (χ2v) is 6.43. The van der Waals surface area contributed by atoms with Crippen molar-refractivity contribution in [2.75, 3.05) is 0 Å². The van der Waals surface area contributed by atoms with E-state index in [1.165, 1.54) is 17.2 Å². The van der Waals surface area contributed by atoms with Gasteiger partial charge in [-0.1, -0.05) is 37.3 Å². The predicted molar refractivity (Wildman–Crippen MR) is 84.8 cm³/mol. The van der Waals surface area contributed by atoms with Gasteiger partial charge in [-0.15, -0.1) is 0 Å². The van der Waals surface area contributed by atoms with Gasteiger partial charge >= 0.3 is 0 Å². The maximum absolute atomic E-state index is 13.5. The highest BCUT2D eigenvalue weighted by Crippen LogP contribution is 2.41. The molecule has 0 radical (unpaired) electrons. The Morgan fingerprint density at radius 2 is 2.00 bits per heavy atom. The van der Waals surface area contributed by atoms with Crippen LogP contribution in [0.15, 0.2) is 42.5 Å². The highest BCUT2D eigenvalue weighted by molar-refractivity contribution is 5.41. The number of halogens is 1. The van der Waals surface area contributed by atoms with Gasteiger partial charge in [0.15, 0.2) is 0 Å². The molecule has 110 valence electrons. The Morgan fingerprint density at radius 1 is 1.24 bits per heavy atom. The maximum Gasteiger partial charge on any atom is 0.123 e. The minimum Gasteiger partial charge on any atom is -0.321 e. The van der Waals surface area contributed by atoms with Crippen molar-refractivity contribution in [2.24, 2.45) is 5.73 Å². The summed E-state index contributed by atoms with van der Waals surface area (Å²) < 4.78 is 13.5. The van der Waals surface area contributed by atoms with Gasteiger partial charge in [-0.2, -0.15) is 0 Å².